The molecule has 0 amide bonds. The van der Waals surface area contributed by atoms with Crippen molar-refractivity contribution in [2.45, 2.75) is 0 Å². The van der Waals surface area contributed by atoms with Crippen molar-refractivity contribution in [2.24, 2.45) is 0 Å². The molecule has 2 rings (SSSR count). The zero-order valence-electron chi connectivity index (χ0n) is 7.10. The van der Waals surface area contributed by atoms with Crippen molar-refractivity contribution in [1.82, 2.24) is 4.98 Å². The number of thiazole rings is 1. The molecule has 0 unspecified atom stereocenters. The van der Waals surface area contributed by atoms with Gasteiger partial charge in [0.1, 0.15) is 10.2 Å². The Morgan fingerprint density at radius 1 is 1.13 bits per heavy atom. The molecule has 0 fully saturated rings. The second-order valence-corrected chi connectivity index (χ2v) is 3.94. The van der Waals surface area contributed by atoms with Crippen molar-refractivity contribution in [2.75, 3.05) is 0 Å². The van der Waals surface area contributed by atoms with Crippen LogP contribution in [0.5, 0.6) is 0 Å². The van der Waals surface area contributed by atoms with Gasteiger partial charge in [0.25, 0.3) is 0 Å². The minimum absolute atomic E-state index is 0.0919. The van der Waals surface area contributed by atoms with Crippen molar-refractivity contribution < 1.29 is 13.2 Å². The van der Waals surface area contributed by atoms with Gasteiger partial charge in [-0.1, -0.05) is 11.6 Å². The van der Waals surface area contributed by atoms with Gasteiger partial charge in [-0.25, -0.2) is 18.2 Å². The van der Waals surface area contributed by atoms with E-state index in [1.807, 2.05) is 0 Å². The maximum Gasteiger partial charge on any atom is 0.195 e. The summed E-state index contributed by atoms with van der Waals surface area (Å²) >= 11 is 6.60. The Morgan fingerprint density at radius 2 is 1.87 bits per heavy atom. The number of benzene rings is 1. The molecule has 1 heterocycles. The third-order valence-corrected chi connectivity index (χ3v) is 2.94. The van der Waals surface area contributed by atoms with Crippen LogP contribution in [0.3, 0.4) is 0 Å². The number of halogens is 4. The Balaban J connectivity index is 2.59. The topological polar surface area (TPSA) is 12.9 Å². The fourth-order valence-electron chi connectivity index (χ4n) is 1.07. The smallest absolute Gasteiger partial charge is 0.195 e. The molecule has 0 aliphatic heterocycles. The van der Waals surface area contributed by atoms with Crippen LogP contribution in [-0.4, -0.2) is 4.98 Å². The largest absolute Gasteiger partial charge is 0.224 e. The Bertz CT molecular complexity index is 512. The SMILES string of the molecule is Fc1ccc(-c2nc(Cl)cs2)c(F)c1F. The fourth-order valence-corrected chi connectivity index (χ4v) is 2.03. The van der Waals surface area contributed by atoms with E-state index >= 15 is 0 Å². The van der Waals surface area contributed by atoms with Crippen LogP contribution in [0, 0.1) is 17.5 Å². The van der Waals surface area contributed by atoms with E-state index in [9.17, 15) is 13.2 Å². The number of rotatable bonds is 1. The summed E-state index contributed by atoms with van der Waals surface area (Å²) in [5.74, 6) is -3.97. The molecule has 2 aromatic rings. The van der Waals surface area contributed by atoms with Crippen LogP contribution in [0.1, 0.15) is 0 Å². The van der Waals surface area contributed by atoms with Gasteiger partial charge in [-0.2, -0.15) is 0 Å². The highest BCUT2D eigenvalue weighted by Gasteiger charge is 2.16. The number of hydrogen-bond acceptors (Lipinski definition) is 2. The maximum absolute atomic E-state index is 13.3. The van der Waals surface area contributed by atoms with Gasteiger partial charge in [-0.15, -0.1) is 11.3 Å². The van der Waals surface area contributed by atoms with Crippen LogP contribution < -0.4 is 0 Å². The predicted octanol–water partition coefficient (Wildman–Crippen LogP) is 3.88. The normalized spacial score (nSPS) is 10.7. The van der Waals surface area contributed by atoms with E-state index in [0.717, 1.165) is 23.5 Å². The molecule has 0 spiro atoms. The van der Waals surface area contributed by atoms with Crippen molar-refractivity contribution in [3.8, 4) is 10.6 Å². The lowest BCUT2D eigenvalue weighted by molar-refractivity contribution is 0.449. The summed E-state index contributed by atoms with van der Waals surface area (Å²) in [6, 6.07) is 1.98. The second-order valence-electron chi connectivity index (χ2n) is 2.70. The van der Waals surface area contributed by atoms with Gasteiger partial charge in [0.15, 0.2) is 17.5 Å². The van der Waals surface area contributed by atoms with Gasteiger partial charge >= 0.3 is 0 Å². The van der Waals surface area contributed by atoms with E-state index in [1.54, 1.807) is 0 Å². The molecule has 1 nitrogen and oxygen atoms in total. The lowest BCUT2D eigenvalue weighted by Gasteiger charge is -2.00. The molecule has 0 saturated carbocycles. The second kappa shape index (κ2) is 3.83. The predicted molar refractivity (Wildman–Crippen MR) is 52.4 cm³/mol. The van der Waals surface area contributed by atoms with Gasteiger partial charge in [0.2, 0.25) is 0 Å². The molecular formula is C9H3ClF3NS. The van der Waals surface area contributed by atoms with Crippen LogP contribution in [0.2, 0.25) is 5.15 Å². The lowest BCUT2D eigenvalue weighted by Crippen LogP contribution is -1.93. The first-order valence-electron chi connectivity index (χ1n) is 3.84. The zero-order chi connectivity index (χ0) is 11.0. The first kappa shape index (κ1) is 10.4. The van der Waals surface area contributed by atoms with Crippen molar-refractivity contribution >= 4 is 22.9 Å². The average molecular weight is 250 g/mol. The van der Waals surface area contributed by atoms with E-state index in [2.05, 4.69) is 4.98 Å². The number of aromatic nitrogens is 1. The molecule has 0 N–H and O–H groups in total. The highest BCUT2D eigenvalue weighted by Crippen LogP contribution is 2.29. The molecule has 0 aliphatic rings. The number of nitrogens with zero attached hydrogens (tertiary/aromatic N) is 1. The van der Waals surface area contributed by atoms with Gasteiger partial charge in [0, 0.05) is 10.9 Å². The Hall–Kier alpha value is -1.07. The molecular weight excluding hydrogens is 247 g/mol. The quantitative estimate of drug-likeness (QED) is 0.699. The molecule has 0 aliphatic carbocycles. The fraction of sp³-hybridized carbons (Fsp3) is 0. The van der Waals surface area contributed by atoms with Crippen LogP contribution in [0.25, 0.3) is 10.6 Å². The van der Waals surface area contributed by atoms with E-state index in [1.165, 1.54) is 5.38 Å². The molecule has 0 bridgehead atoms. The van der Waals surface area contributed by atoms with E-state index in [4.69, 9.17) is 11.6 Å². The van der Waals surface area contributed by atoms with Crippen LogP contribution in [0.4, 0.5) is 13.2 Å². The minimum Gasteiger partial charge on any atom is -0.224 e. The first-order valence-corrected chi connectivity index (χ1v) is 5.10. The van der Waals surface area contributed by atoms with Gasteiger partial charge < -0.3 is 0 Å². The van der Waals surface area contributed by atoms with Gasteiger partial charge in [-0.3, -0.25) is 0 Å². The highest BCUT2D eigenvalue weighted by molar-refractivity contribution is 7.13. The van der Waals surface area contributed by atoms with Gasteiger partial charge in [0.05, 0.1) is 0 Å². The van der Waals surface area contributed by atoms with Crippen LogP contribution in [0.15, 0.2) is 17.5 Å². The van der Waals surface area contributed by atoms with E-state index in [-0.39, 0.29) is 15.7 Å². The molecule has 15 heavy (non-hydrogen) atoms. The van der Waals surface area contributed by atoms with Crippen molar-refractivity contribution in [1.29, 1.82) is 0 Å². The molecule has 1 aromatic heterocycles. The first-order chi connectivity index (χ1) is 7.09. The average Bonchev–Trinajstić information content (AvgIpc) is 2.61. The summed E-state index contributed by atoms with van der Waals surface area (Å²) in [6.07, 6.45) is 0. The third-order valence-electron chi connectivity index (χ3n) is 1.74. The summed E-state index contributed by atoms with van der Waals surface area (Å²) in [4.78, 5) is 3.77. The van der Waals surface area contributed by atoms with E-state index in [0.29, 0.717) is 0 Å². The highest BCUT2D eigenvalue weighted by atomic mass is 35.5. The molecule has 6 heteroatoms. The Morgan fingerprint density at radius 3 is 2.47 bits per heavy atom. The summed E-state index contributed by atoms with van der Waals surface area (Å²) in [5.41, 5.74) is -0.0919. The monoisotopic (exact) mass is 249 g/mol. The summed E-state index contributed by atoms with van der Waals surface area (Å²) in [5, 5.41) is 1.90. The molecule has 78 valence electrons. The lowest BCUT2D eigenvalue weighted by atomic mass is 10.2. The molecule has 1 aromatic carbocycles. The summed E-state index contributed by atoms with van der Waals surface area (Å²) < 4.78 is 38.8. The molecule has 0 atom stereocenters. The van der Waals surface area contributed by atoms with Crippen molar-refractivity contribution in [3.05, 3.63) is 40.1 Å². The van der Waals surface area contributed by atoms with Crippen LogP contribution in [-0.2, 0) is 0 Å². The van der Waals surface area contributed by atoms with Crippen LogP contribution >= 0.6 is 22.9 Å². The van der Waals surface area contributed by atoms with Crippen molar-refractivity contribution in [3.63, 3.8) is 0 Å². The molecule has 0 saturated heterocycles. The third kappa shape index (κ3) is 1.85. The maximum atomic E-state index is 13.3. The zero-order valence-corrected chi connectivity index (χ0v) is 8.67. The summed E-state index contributed by atoms with van der Waals surface area (Å²) in [7, 11) is 0. The Labute approximate surface area is 92.1 Å². The Kier molecular flexibility index (Phi) is 2.67. The standard InChI is InChI=1S/C9H3ClF3NS/c10-6-3-15-9(14-6)4-1-2-5(11)8(13)7(4)12/h1-3H. The molecule has 0 radical (unpaired) electrons. The van der Waals surface area contributed by atoms with E-state index < -0.39 is 17.5 Å². The van der Waals surface area contributed by atoms with Gasteiger partial charge in [-0.05, 0) is 12.1 Å². The minimum atomic E-state index is -1.50. The summed E-state index contributed by atoms with van der Waals surface area (Å²) in [6.45, 7) is 0. The number of hydrogen-bond donors (Lipinski definition) is 0.